The molecule has 0 amide bonds. The Balaban J connectivity index is 2.10. The van der Waals surface area contributed by atoms with Crippen molar-refractivity contribution in [2.24, 2.45) is 0 Å². The highest BCUT2D eigenvalue weighted by molar-refractivity contribution is 5.48. The van der Waals surface area contributed by atoms with Crippen molar-refractivity contribution in [2.75, 3.05) is 0 Å². The van der Waals surface area contributed by atoms with E-state index in [4.69, 9.17) is 0 Å². The second kappa shape index (κ2) is 4.22. The molecule has 1 aliphatic carbocycles. The molecule has 0 aromatic carbocycles. The molecule has 1 fully saturated rings. The summed E-state index contributed by atoms with van der Waals surface area (Å²) in [5.74, 6) is 0. The van der Waals surface area contributed by atoms with Gasteiger partial charge in [-0.05, 0) is 43.9 Å². The lowest BCUT2D eigenvalue weighted by Crippen LogP contribution is -1.93. The van der Waals surface area contributed by atoms with Crippen molar-refractivity contribution >= 4 is 6.08 Å². The summed E-state index contributed by atoms with van der Waals surface area (Å²) in [6.07, 6.45) is 10.8. The maximum absolute atomic E-state index is 4.30. The summed E-state index contributed by atoms with van der Waals surface area (Å²) in [6, 6.07) is 6.08. The van der Waals surface area contributed by atoms with Crippen LogP contribution in [0.15, 0.2) is 30.0 Å². The fourth-order valence-corrected chi connectivity index (χ4v) is 1.82. The molecule has 0 N–H and O–H groups in total. The van der Waals surface area contributed by atoms with Gasteiger partial charge in [0.1, 0.15) is 0 Å². The van der Waals surface area contributed by atoms with Gasteiger partial charge >= 0.3 is 0 Å². The van der Waals surface area contributed by atoms with Crippen LogP contribution >= 0.6 is 0 Å². The predicted molar refractivity (Wildman–Crippen MR) is 55.3 cm³/mol. The molecule has 1 nitrogen and oxygen atoms in total. The summed E-state index contributed by atoms with van der Waals surface area (Å²) in [4.78, 5) is 4.30. The number of rotatable bonds is 1. The van der Waals surface area contributed by atoms with E-state index in [1.807, 2.05) is 18.3 Å². The van der Waals surface area contributed by atoms with Gasteiger partial charge in [0.25, 0.3) is 0 Å². The smallest absolute Gasteiger partial charge is 0.0629 e. The van der Waals surface area contributed by atoms with Crippen molar-refractivity contribution in [1.82, 2.24) is 4.98 Å². The van der Waals surface area contributed by atoms with E-state index in [1.54, 1.807) is 5.57 Å². The van der Waals surface area contributed by atoms with Crippen molar-refractivity contribution in [3.8, 4) is 0 Å². The van der Waals surface area contributed by atoms with Gasteiger partial charge in [0.15, 0.2) is 0 Å². The molecular weight excluding hydrogens is 158 g/mol. The van der Waals surface area contributed by atoms with Crippen LogP contribution in [0.2, 0.25) is 0 Å². The largest absolute Gasteiger partial charge is 0.257 e. The van der Waals surface area contributed by atoms with E-state index in [0.717, 1.165) is 5.69 Å². The molecule has 0 radical (unpaired) electrons. The molecule has 1 saturated carbocycles. The topological polar surface area (TPSA) is 12.9 Å². The van der Waals surface area contributed by atoms with Gasteiger partial charge in [-0.15, -0.1) is 0 Å². The lowest BCUT2D eigenvalue weighted by atomic mass is 9.94. The summed E-state index contributed by atoms with van der Waals surface area (Å²) >= 11 is 0. The number of hydrogen-bond donors (Lipinski definition) is 0. The third-order valence-electron chi connectivity index (χ3n) is 2.54. The zero-order valence-corrected chi connectivity index (χ0v) is 7.87. The zero-order valence-electron chi connectivity index (χ0n) is 7.87. The first kappa shape index (κ1) is 8.49. The number of hydrogen-bond acceptors (Lipinski definition) is 1. The van der Waals surface area contributed by atoms with Gasteiger partial charge in [0.05, 0.1) is 5.69 Å². The number of pyridine rings is 1. The molecule has 68 valence electrons. The van der Waals surface area contributed by atoms with Gasteiger partial charge in [0, 0.05) is 6.20 Å². The van der Waals surface area contributed by atoms with Crippen LogP contribution in [0.5, 0.6) is 0 Å². The van der Waals surface area contributed by atoms with Crippen LogP contribution < -0.4 is 0 Å². The summed E-state index contributed by atoms with van der Waals surface area (Å²) < 4.78 is 0. The van der Waals surface area contributed by atoms with Gasteiger partial charge in [-0.25, -0.2) is 0 Å². The van der Waals surface area contributed by atoms with Gasteiger partial charge in [-0.3, -0.25) is 4.98 Å². The first-order valence-electron chi connectivity index (χ1n) is 5.05. The van der Waals surface area contributed by atoms with Crippen molar-refractivity contribution in [2.45, 2.75) is 32.1 Å². The van der Waals surface area contributed by atoms with Gasteiger partial charge in [-0.1, -0.05) is 18.1 Å². The monoisotopic (exact) mass is 173 g/mol. The Kier molecular flexibility index (Phi) is 2.75. The fourth-order valence-electron chi connectivity index (χ4n) is 1.82. The molecule has 1 aliphatic rings. The van der Waals surface area contributed by atoms with Crippen molar-refractivity contribution < 1.29 is 0 Å². The minimum atomic E-state index is 1.11. The Hall–Kier alpha value is -1.11. The third-order valence-corrected chi connectivity index (χ3v) is 2.54. The number of aromatic nitrogens is 1. The predicted octanol–water partition coefficient (Wildman–Crippen LogP) is 3.43. The molecule has 2 rings (SSSR count). The summed E-state index contributed by atoms with van der Waals surface area (Å²) in [5.41, 5.74) is 2.68. The molecule has 0 unspecified atom stereocenters. The van der Waals surface area contributed by atoms with Gasteiger partial charge in [-0.2, -0.15) is 0 Å². The molecular formula is C12H15N. The Morgan fingerprint density at radius 3 is 2.62 bits per heavy atom. The Bertz CT molecular complexity index is 279. The molecule has 1 aromatic rings. The van der Waals surface area contributed by atoms with Crippen LogP contribution in [-0.2, 0) is 0 Å². The molecule has 0 atom stereocenters. The Labute approximate surface area is 79.5 Å². The molecule has 0 aliphatic heterocycles. The summed E-state index contributed by atoms with van der Waals surface area (Å²) in [6.45, 7) is 0. The summed E-state index contributed by atoms with van der Waals surface area (Å²) in [7, 11) is 0. The van der Waals surface area contributed by atoms with Crippen LogP contribution in [0.3, 0.4) is 0 Å². The van der Waals surface area contributed by atoms with E-state index in [9.17, 15) is 0 Å². The SMILES string of the molecule is C(=C1CCCCC1)c1ccccn1. The quantitative estimate of drug-likeness (QED) is 0.634. The second-order valence-electron chi connectivity index (χ2n) is 3.62. The number of allylic oxidation sites excluding steroid dienone is 1. The molecule has 13 heavy (non-hydrogen) atoms. The van der Waals surface area contributed by atoms with Crippen molar-refractivity contribution in [3.63, 3.8) is 0 Å². The van der Waals surface area contributed by atoms with E-state index in [0.29, 0.717) is 0 Å². The zero-order chi connectivity index (χ0) is 8.93. The normalized spacial score (nSPS) is 17.1. The molecule has 0 saturated heterocycles. The third kappa shape index (κ3) is 2.41. The van der Waals surface area contributed by atoms with Crippen molar-refractivity contribution in [1.29, 1.82) is 0 Å². The van der Waals surface area contributed by atoms with E-state index in [1.165, 1.54) is 32.1 Å². The molecule has 0 bridgehead atoms. The summed E-state index contributed by atoms with van der Waals surface area (Å²) in [5, 5.41) is 0. The van der Waals surface area contributed by atoms with Crippen LogP contribution in [-0.4, -0.2) is 4.98 Å². The molecule has 1 heterocycles. The Morgan fingerprint density at radius 1 is 1.08 bits per heavy atom. The highest BCUT2D eigenvalue weighted by Gasteiger charge is 2.04. The van der Waals surface area contributed by atoms with Crippen molar-refractivity contribution in [3.05, 3.63) is 35.7 Å². The van der Waals surface area contributed by atoms with Gasteiger partial charge < -0.3 is 0 Å². The minimum Gasteiger partial charge on any atom is -0.257 e. The van der Waals surface area contributed by atoms with Crippen LogP contribution in [0, 0.1) is 0 Å². The van der Waals surface area contributed by atoms with E-state index < -0.39 is 0 Å². The first-order valence-corrected chi connectivity index (χ1v) is 5.05. The Morgan fingerprint density at radius 2 is 1.92 bits per heavy atom. The van der Waals surface area contributed by atoms with E-state index in [2.05, 4.69) is 17.1 Å². The minimum absolute atomic E-state index is 1.11. The highest BCUT2D eigenvalue weighted by Crippen LogP contribution is 2.24. The van der Waals surface area contributed by atoms with Gasteiger partial charge in [0.2, 0.25) is 0 Å². The maximum atomic E-state index is 4.30. The second-order valence-corrected chi connectivity index (χ2v) is 3.62. The lowest BCUT2D eigenvalue weighted by molar-refractivity contribution is 0.602. The highest BCUT2D eigenvalue weighted by atomic mass is 14.6. The average Bonchev–Trinajstić information content (AvgIpc) is 2.21. The first-order chi connectivity index (χ1) is 6.45. The van der Waals surface area contributed by atoms with E-state index in [-0.39, 0.29) is 0 Å². The molecule has 0 spiro atoms. The van der Waals surface area contributed by atoms with Crippen LogP contribution in [0.4, 0.5) is 0 Å². The molecule has 1 aromatic heterocycles. The van der Waals surface area contributed by atoms with E-state index >= 15 is 0 Å². The fraction of sp³-hybridized carbons (Fsp3) is 0.417. The van der Waals surface area contributed by atoms with Crippen LogP contribution in [0.1, 0.15) is 37.8 Å². The maximum Gasteiger partial charge on any atom is 0.0629 e. The standard InChI is InChI=1S/C12H15N/c1-2-6-11(7-3-1)10-12-8-4-5-9-13-12/h4-5,8-10H,1-3,6-7H2. The average molecular weight is 173 g/mol. The molecule has 1 heteroatoms. The lowest BCUT2D eigenvalue weighted by Gasteiger charge is -2.12. The number of nitrogens with zero attached hydrogens (tertiary/aromatic N) is 1. The van der Waals surface area contributed by atoms with Crippen LogP contribution in [0.25, 0.3) is 6.08 Å².